The lowest BCUT2D eigenvalue weighted by atomic mass is 10.0. The molecule has 0 atom stereocenters. The summed E-state index contributed by atoms with van der Waals surface area (Å²) in [5.41, 5.74) is 16.9. The fourth-order valence-corrected chi connectivity index (χ4v) is 7.81. The van der Waals surface area contributed by atoms with E-state index in [4.69, 9.17) is 11.1 Å². The first-order chi connectivity index (χ1) is 25.1. The molecule has 0 aliphatic rings. The van der Waals surface area contributed by atoms with E-state index in [2.05, 4.69) is 135 Å². The summed E-state index contributed by atoms with van der Waals surface area (Å²) in [5.74, 6) is 0.456. The average Bonchev–Trinajstić information content (AvgIpc) is 3.75. The van der Waals surface area contributed by atoms with Gasteiger partial charge >= 0.3 is 0 Å². The van der Waals surface area contributed by atoms with Crippen molar-refractivity contribution in [2.24, 2.45) is 10.7 Å². The molecule has 3 N–H and O–H groups in total. The number of fused-ring (bicyclic) bond motifs is 12. The van der Waals surface area contributed by atoms with Crippen molar-refractivity contribution in [3.63, 3.8) is 0 Å². The van der Waals surface area contributed by atoms with Gasteiger partial charge in [0, 0.05) is 43.7 Å². The molecule has 0 fully saturated rings. The van der Waals surface area contributed by atoms with Crippen LogP contribution in [0.4, 0.5) is 0 Å². The molecule has 0 spiro atoms. The number of nitrogens with two attached hydrogens (primary N) is 1. The van der Waals surface area contributed by atoms with Crippen LogP contribution in [0.1, 0.15) is 11.1 Å². The standard InChI is InChI=1S/C46H31N5/c47-45(30-11-2-1-3-12-30)49-46(48)32-14-10-13-31(27-32)29-21-23-33(24-22-29)50-40-19-8-7-18-37(40)38-25-26-42-39(44(38)50)28-43-36-17-5-4-15-34(36)35-16-6-9-20-41(35)51(42)43/h1-28H,(H3,47,48,49). The van der Waals surface area contributed by atoms with Gasteiger partial charge in [-0.05, 0) is 59.0 Å². The Hall–Kier alpha value is -6.98. The summed E-state index contributed by atoms with van der Waals surface area (Å²) < 4.78 is 4.84. The molecule has 0 aliphatic carbocycles. The maximum absolute atomic E-state index is 8.67. The van der Waals surface area contributed by atoms with Crippen molar-refractivity contribution in [1.29, 1.82) is 5.41 Å². The fourth-order valence-electron chi connectivity index (χ4n) is 7.81. The van der Waals surface area contributed by atoms with Crippen LogP contribution >= 0.6 is 0 Å². The van der Waals surface area contributed by atoms with Crippen molar-refractivity contribution in [3.05, 3.63) is 181 Å². The Morgan fingerprint density at radius 3 is 1.82 bits per heavy atom. The van der Waals surface area contributed by atoms with Gasteiger partial charge in [-0.2, -0.15) is 0 Å². The SMILES string of the molecule is N=C(N=C(N)c1ccccc1)c1cccc(-c2ccc(-n3c4ccccc4c4ccc5c(cc6c7ccccc7c7ccccc7n65)c43)cc2)c1. The maximum atomic E-state index is 8.67. The van der Waals surface area contributed by atoms with Gasteiger partial charge in [0.05, 0.1) is 27.6 Å². The lowest BCUT2D eigenvalue weighted by Crippen LogP contribution is -2.15. The zero-order valence-electron chi connectivity index (χ0n) is 27.6. The number of pyridine rings is 1. The highest BCUT2D eigenvalue weighted by molar-refractivity contribution is 6.22. The second-order valence-corrected chi connectivity index (χ2v) is 13.0. The predicted octanol–water partition coefficient (Wildman–Crippen LogP) is 10.9. The molecule has 51 heavy (non-hydrogen) atoms. The van der Waals surface area contributed by atoms with Gasteiger partial charge in [0.15, 0.2) is 5.84 Å². The average molecular weight is 654 g/mol. The van der Waals surface area contributed by atoms with Crippen LogP contribution in [0.5, 0.6) is 0 Å². The maximum Gasteiger partial charge on any atom is 0.154 e. The number of amidine groups is 2. The summed E-state index contributed by atoms with van der Waals surface area (Å²) in [6.45, 7) is 0. The number of rotatable bonds is 4. The number of para-hydroxylation sites is 2. The molecule has 0 radical (unpaired) electrons. The van der Waals surface area contributed by atoms with Gasteiger partial charge < -0.3 is 14.7 Å². The molecule has 0 aliphatic heterocycles. The first-order valence-electron chi connectivity index (χ1n) is 17.1. The van der Waals surface area contributed by atoms with Gasteiger partial charge in [-0.25, -0.2) is 4.99 Å². The highest BCUT2D eigenvalue weighted by Gasteiger charge is 2.19. The molecule has 240 valence electrons. The largest absolute Gasteiger partial charge is 0.383 e. The summed E-state index contributed by atoms with van der Waals surface area (Å²) in [6.07, 6.45) is 0. The Balaban J connectivity index is 1.13. The van der Waals surface area contributed by atoms with Gasteiger partial charge in [0.2, 0.25) is 0 Å². The summed E-state index contributed by atoms with van der Waals surface area (Å²) in [6, 6.07) is 59.3. The van der Waals surface area contributed by atoms with Crippen LogP contribution in [0.2, 0.25) is 0 Å². The second-order valence-electron chi connectivity index (χ2n) is 13.0. The molecule has 0 bridgehead atoms. The van der Waals surface area contributed by atoms with E-state index in [0.717, 1.165) is 22.4 Å². The number of hydrogen-bond acceptors (Lipinski definition) is 1. The molecule has 7 aromatic carbocycles. The van der Waals surface area contributed by atoms with Crippen LogP contribution in [-0.4, -0.2) is 20.6 Å². The summed E-state index contributed by atoms with van der Waals surface area (Å²) >= 11 is 0. The minimum Gasteiger partial charge on any atom is -0.383 e. The third kappa shape index (κ3) is 4.49. The van der Waals surface area contributed by atoms with Gasteiger partial charge in [-0.3, -0.25) is 5.41 Å². The van der Waals surface area contributed by atoms with E-state index in [0.29, 0.717) is 11.4 Å². The molecule has 0 saturated heterocycles. The number of nitrogens with zero attached hydrogens (tertiary/aromatic N) is 3. The van der Waals surface area contributed by atoms with Crippen molar-refractivity contribution in [2.75, 3.05) is 0 Å². The molecule has 10 aromatic rings. The van der Waals surface area contributed by atoms with Crippen LogP contribution in [0, 0.1) is 5.41 Å². The van der Waals surface area contributed by atoms with Gasteiger partial charge in [-0.15, -0.1) is 0 Å². The molecular formula is C46H31N5. The highest BCUT2D eigenvalue weighted by atomic mass is 15.0. The quantitative estimate of drug-likeness (QED) is 0.111. The first kappa shape index (κ1) is 29.0. The number of aliphatic imine (C=N–C) groups is 1. The monoisotopic (exact) mass is 653 g/mol. The Kier molecular flexibility index (Phi) is 6.42. The lowest BCUT2D eigenvalue weighted by Gasteiger charge is -2.11. The molecule has 0 unspecified atom stereocenters. The zero-order valence-corrected chi connectivity index (χ0v) is 27.6. The zero-order chi connectivity index (χ0) is 34.1. The van der Waals surface area contributed by atoms with Gasteiger partial charge in [0.25, 0.3) is 0 Å². The van der Waals surface area contributed by atoms with E-state index in [-0.39, 0.29) is 5.84 Å². The van der Waals surface area contributed by atoms with Crippen LogP contribution in [0.3, 0.4) is 0 Å². The van der Waals surface area contributed by atoms with Crippen LogP contribution in [0.25, 0.3) is 76.7 Å². The Bertz CT molecular complexity index is 3040. The molecular weight excluding hydrogens is 623 g/mol. The molecule has 0 saturated carbocycles. The lowest BCUT2D eigenvalue weighted by molar-refractivity contribution is 1.19. The number of nitrogens with one attached hydrogen (secondary N) is 1. The van der Waals surface area contributed by atoms with Crippen molar-refractivity contribution < 1.29 is 0 Å². The van der Waals surface area contributed by atoms with E-state index < -0.39 is 0 Å². The molecule has 3 aromatic heterocycles. The summed E-state index contributed by atoms with van der Waals surface area (Å²) in [5, 5.41) is 16.1. The number of benzene rings is 7. The van der Waals surface area contributed by atoms with Gasteiger partial charge in [0.1, 0.15) is 5.84 Å². The third-order valence-corrected chi connectivity index (χ3v) is 10.2. The van der Waals surface area contributed by atoms with Crippen LogP contribution in [0.15, 0.2) is 175 Å². The molecule has 3 heterocycles. The number of aromatic nitrogens is 2. The van der Waals surface area contributed by atoms with E-state index in [1.165, 1.54) is 59.9 Å². The summed E-state index contributed by atoms with van der Waals surface area (Å²) in [7, 11) is 0. The molecule has 10 rings (SSSR count). The van der Waals surface area contributed by atoms with Crippen molar-refractivity contribution >= 4 is 71.6 Å². The molecule has 5 heteroatoms. The number of hydrogen-bond donors (Lipinski definition) is 2. The van der Waals surface area contributed by atoms with Crippen molar-refractivity contribution in [1.82, 2.24) is 8.97 Å². The van der Waals surface area contributed by atoms with E-state index in [9.17, 15) is 0 Å². The minimum absolute atomic E-state index is 0.129. The minimum atomic E-state index is 0.129. The second kappa shape index (κ2) is 11.3. The van der Waals surface area contributed by atoms with E-state index in [1.807, 2.05) is 48.5 Å². The van der Waals surface area contributed by atoms with Crippen molar-refractivity contribution in [2.45, 2.75) is 0 Å². The van der Waals surface area contributed by atoms with Crippen LogP contribution in [-0.2, 0) is 0 Å². The predicted molar refractivity (Wildman–Crippen MR) is 214 cm³/mol. The van der Waals surface area contributed by atoms with E-state index in [1.54, 1.807) is 0 Å². The van der Waals surface area contributed by atoms with Crippen LogP contribution < -0.4 is 5.73 Å². The Morgan fingerprint density at radius 1 is 0.451 bits per heavy atom. The molecule has 0 amide bonds. The van der Waals surface area contributed by atoms with E-state index >= 15 is 0 Å². The Labute approximate surface area is 293 Å². The normalized spacial score (nSPS) is 12.2. The smallest absolute Gasteiger partial charge is 0.154 e. The van der Waals surface area contributed by atoms with Crippen molar-refractivity contribution in [3.8, 4) is 16.8 Å². The fraction of sp³-hybridized carbons (Fsp3) is 0. The topological polar surface area (TPSA) is 71.6 Å². The highest BCUT2D eigenvalue weighted by Crippen LogP contribution is 2.41. The first-order valence-corrected chi connectivity index (χ1v) is 17.1. The summed E-state index contributed by atoms with van der Waals surface area (Å²) in [4.78, 5) is 4.40. The Morgan fingerprint density at radius 2 is 1.06 bits per heavy atom. The van der Waals surface area contributed by atoms with Gasteiger partial charge in [-0.1, -0.05) is 127 Å². The molecule has 5 nitrogen and oxygen atoms in total. The third-order valence-electron chi connectivity index (χ3n) is 10.2.